The molecule has 2 aromatic rings. The van der Waals surface area contributed by atoms with E-state index in [1.54, 1.807) is 0 Å². The summed E-state index contributed by atoms with van der Waals surface area (Å²) < 4.78 is 12.1. The van der Waals surface area contributed by atoms with Gasteiger partial charge in [-0.15, -0.1) is 0 Å². The molecule has 0 radical (unpaired) electrons. The van der Waals surface area contributed by atoms with Crippen LogP contribution < -0.4 is 20.1 Å². The lowest BCUT2D eigenvalue weighted by Crippen LogP contribution is -2.38. The minimum absolute atomic E-state index is 0.0586. The normalized spacial score (nSPS) is 18.6. The first kappa shape index (κ1) is 13.5. The largest absolute Gasteiger partial charge is 0.486 e. The molecule has 4 heteroatoms. The van der Waals surface area contributed by atoms with Gasteiger partial charge in [-0.1, -0.05) is 30.3 Å². The van der Waals surface area contributed by atoms with E-state index >= 15 is 0 Å². The Hall–Kier alpha value is -2.20. The second kappa shape index (κ2) is 5.89. The molecule has 0 aromatic heterocycles. The number of anilines is 1. The summed E-state index contributed by atoms with van der Waals surface area (Å²) in [4.78, 5) is 0. The quantitative estimate of drug-likeness (QED) is 0.910. The van der Waals surface area contributed by atoms with Gasteiger partial charge in [-0.05, 0) is 24.1 Å². The predicted octanol–water partition coefficient (Wildman–Crippen LogP) is 2.58. The van der Waals surface area contributed by atoms with Crippen LogP contribution >= 0.6 is 0 Å². The maximum atomic E-state index is 6.19. The molecule has 2 heterocycles. The van der Waals surface area contributed by atoms with Crippen LogP contribution in [0.5, 0.6) is 11.5 Å². The van der Waals surface area contributed by atoms with Crippen LogP contribution in [0.1, 0.15) is 11.1 Å². The molecule has 114 valence electrons. The van der Waals surface area contributed by atoms with Crippen LogP contribution in [0.25, 0.3) is 0 Å². The summed E-state index contributed by atoms with van der Waals surface area (Å²) >= 11 is 0. The summed E-state index contributed by atoms with van der Waals surface area (Å²) in [5.74, 6) is 1.81. The Bertz CT molecular complexity index is 658. The monoisotopic (exact) mass is 296 g/mol. The van der Waals surface area contributed by atoms with Crippen molar-refractivity contribution in [3.05, 3.63) is 53.6 Å². The average molecular weight is 296 g/mol. The number of hydrogen-bond acceptors (Lipinski definition) is 4. The Morgan fingerprint density at radius 3 is 2.95 bits per heavy atom. The molecule has 4 rings (SSSR count). The molecule has 1 atom stereocenters. The maximum Gasteiger partial charge on any atom is 0.167 e. The molecule has 0 unspecified atom stereocenters. The lowest BCUT2D eigenvalue weighted by molar-refractivity contribution is 0.0892. The fraction of sp³-hybridized carbons (Fsp3) is 0.333. The molecule has 0 bridgehead atoms. The molecule has 2 N–H and O–H groups in total. The first-order valence-corrected chi connectivity index (χ1v) is 7.84. The van der Waals surface area contributed by atoms with Crippen molar-refractivity contribution in [2.75, 3.05) is 25.0 Å². The average Bonchev–Trinajstić information content (AvgIpc) is 3.05. The second-order valence-electron chi connectivity index (χ2n) is 5.76. The Balaban J connectivity index is 1.39. The van der Waals surface area contributed by atoms with Gasteiger partial charge < -0.3 is 20.1 Å². The zero-order valence-corrected chi connectivity index (χ0v) is 12.5. The molecule has 0 saturated heterocycles. The first-order chi connectivity index (χ1) is 10.9. The summed E-state index contributed by atoms with van der Waals surface area (Å²) in [5, 5.41) is 6.83. The van der Waals surface area contributed by atoms with Crippen molar-refractivity contribution in [1.82, 2.24) is 5.32 Å². The smallest absolute Gasteiger partial charge is 0.167 e. The molecule has 0 aliphatic carbocycles. The Morgan fingerprint density at radius 1 is 1.14 bits per heavy atom. The van der Waals surface area contributed by atoms with Crippen LogP contribution in [0, 0.1) is 0 Å². The third kappa shape index (κ3) is 2.62. The van der Waals surface area contributed by atoms with Gasteiger partial charge in [0.25, 0.3) is 0 Å². The molecule has 22 heavy (non-hydrogen) atoms. The van der Waals surface area contributed by atoms with Crippen LogP contribution in [-0.2, 0) is 13.0 Å². The molecule has 2 aromatic carbocycles. The SMILES string of the molecule is c1ccc(CNC[C@H]2COc3ccc4c(c3O2)CCN4)cc1. The highest BCUT2D eigenvalue weighted by atomic mass is 16.6. The van der Waals surface area contributed by atoms with E-state index < -0.39 is 0 Å². The molecule has 2 aliphatic rings. The number of ether oxygens (including phenoxy) is 2. The Labute approximate surface area is 130 Å². The third-order valence-corrected chi connectivity index (χ3v) is 4.17. The summed E-state index contributed by atoms with van der Waals surface area (Å²) in [6, 6.07) is 14.5. The molecule has 0 amide bonds. The van der Waals surface area contributed by atoms with Crippen LogP contribution in [0.3, 0.4) is 0 Å². The number of benzene rings is 2. The number of nitrogens with one attached hydrogen (secondary N) is 2. The molecule has 4 nitrogen and oxygen atoms in total. The number of fused-ring (bicyclic) bond motifs is 3. The van der Waals surface area contributed by atoms with Gasteiger partial charge in [-0.3, -0.25) is 0 Å². The Morgan fingerprint density at radius 2 is 2.05 bits per heavy atom. The van der Waals surface area contributed by atoms with E-state index in [9.17, 15) is 0 Å². The minimum Gasteiger partial charge on any atom is -0.486 e. The minimum atomic E-state index is 0.0586. The Kier molecular flexibility index (Phi) is 3.60. The van der Waals surface area contributed by atoms with Gasteiger partial charge >= 0.3 is 0 Å². The van der Waals surface area contributed by atoms with Crippen molar-refractivity contribution in [1.29, 1.82) is 0 Å². The van der Waals surface area contributed by atoms with Gasteiger partial charge in [0.2, 0.25) is 0 Å². The summed E-state index contributed by atoms with van der Waals surface area (Å²) in [6.07, 6.45) is 1.06. The molecule has 0 saturated carbocycles. The highest BCUT2D eigenvalue weighted by Gasteiger charge is 2.26. The summed E-state index contributed by atoms with van der Waals surface area (Å²) in [5.41, 5.74) is 3.72. The van der Waals surface area contributed by atoms with Gasteiger partial charge in [0.15, 0.2) is 11.5 Å². The molecular formula is C18H20N2O2. The van der Waals surface area contributed by atoms with E-state index in [0.29, 0.717) is 6.61 Å². The molecular weight excluding hydrogens is 276 g/mol. The van der Waals surface area contributed by atoms with E-state index in [4.69, 9.17) is 9.47 Å². The lowest BCUT2D eigenvalue weighted by atomic mass is 10.1. The highest BCUT2D eigenvalue weighted by molar-refractivity contribution is 5.66. The summed E-state index contributed by atoms with van der Waals surface area (Å²) in [7, 11) is 0. The van der Waals surface area contributed by atoms with Gasteiger partial charge in [-0.25, -0.2) is 0 Å². The van der Waals surface area contributed by atoms with Crippen molar-refractivity contribution >= 4 is 5.69 Å². The van der Waals surface area contributed by atoms with Crippen LogP contribution in [0.2, 0.25) is 0 Å². The first-order valence-electron chi connectivity index (χ1n) is 7.84. The van der Waals surface area contributed by atoms with Gasteiger partial charge in [-0.2, -0.15) is 0 Å². The molecule has 0 fully saturated rings. The van der Waals surface area contributed by atoms with E-state index in [2.05, 4.69) is 41.0 Å². The van der Waals surface area contributed by atoms with Crippen molar-refractivity contribution in [2.45, 2.75) is 19.1 Å². The fourth-order valence-corrected chi connectivity index (χ4v) is 3.04. The molecule has 0 spiro atoms. The molecule has 2 aliphatic heterocycles. The van der Waals surface area contributed by atoms with E-state index in [1.807, 2.05) is 12.1 Å². The third-order valence-electron chi connectivity index (χ3n) is 4.17. The second-order valence-corrected chi connectivity index (χ2v) is 5.76. The highest BCUT2D eigenvalue weighted by Crippen LogP contribution is 2.41. The van der Waals surface area contributed by atoms with Crippen molar-refractivity contribution in [3.63, 3.8) is 0 Å². The van der Waals surface area contributed by atoms with Crippen molar-refractivity contribution < 1.29 is 9.47 Å². The van der Waals surface area contributed by atoms with Crippen molar-refractivity contribution in [2.24, 2.45) is 0 Å². The van der Waals surface area contributed by atoms with Crippen LogP contribution in [0.4, 0.5) is 5.69 Å². The van der Waals surface area contributed by atoms with Gasteiger partial charge in [0.05, 0.1) is 0 Å². The lowest BCUT2D eigenvalue weighted by Gasteiger charge is -2.28. The van der Waals surface area contributed by atoms with E-state index in [0.717, 1.165) is 37.6 Å². The summed E-state index contributed by atoms with van der Waals surface area (Å²) in [6.45, 7) is 3.21. The van der Waals surface area contributed by atoms with E-state index in [1.165, 1.54) is 16.8 Å². The zero-order valence-electron chi connectivity index (χ0n) is 12.5. The number of hydrogen-bond donors (Lipinski definition) is 2. The maximum absolute atomic E-state index is 6.19. The van der Waals surface area contributed by atoms with Crippen molar-refractivity contribution in [3.8, 4) is 11.5 Å². The van der Waals surface area contributed by atoms with Crippen LogP contribution in [-0.4, -0.2) is 25.8 Å². The van der Waals surface area contributed by atoms with Gasteiger partial charge in [0.1, 0.15) is 12.7 Å². The van der Waals surface area contributed by atoms with E-state index in [-0.39, 0.29) is 6.10 Å². The van der Waals surface area contributed by atoms with Crippen LogP contribution in [0.15, 0.2) is 42.5 Å². The number of rotatable bonds is 4. The standard InChI is InChI=1S/C18H20N2O2/c1-2-4-13(5-3-1)10-19-11-14-12-21-17-7-6-16-15(8-9-20-16)18(17)22-14/h1-7,14,19-20H,8-12H2/t14-/m0/s1. The fourth-order valence-electron chi connectivity index (χ4n) is 3.04. The topological polar surface area (TPSA) is 42.5 Å². The zero-order chi connectivity index (χ0) is 14.8. The van der Waals surface area contributed by atoms with Gasteiger partial charge in [0, 0.05) is 30.9 Å². The predicted molar refractivity (Wildman–Crippen MR) is 86.7 cm³/mol.